The van der Waals surface area contributed by atoms with Gasteiger partial charge in [-0.15, -0.1) is 0 Å². The third-order valence-electron chi connectivity index (χ3n) is 5.92. The molecule has 0 aliphatic rings. The number of carbonyl (C=O) groups is 1. The van der Waals surface area contributed by atoms with Gasteiger partial charge in [0, 0.05) is 24.8 Å². The van der Waals surface area contributed by atoms with Crippen molar-refractivity contribution in [1.82, 2.24) is 14.8 Å². The molecule has 1 N–H and O–H groups in total. The molecule has 1 aromatic heterocycles. The summed E-state index contributed by atoms with van der Waals surface area (Å²) < 4.78 is 0. The summed E-state index contributed by atoms with van der Waals surface area (Å²) in [6.07, 6.45) is 0. The number of nitrogens with one attached hydrogen (secondary N) is 1. The summed E-state index contributed by atoms with van der Waals surface area (Å²) in [6, 6.07) is 22.9. The van der Waals surface area contributed by atoms with E-state index in [0.717, 1.165) is 11.3 Å². The molecule has 158 valence electrons. The quantitative estimate of drug-likeness (QED) is 0.562. The molecular formula is C26H33N3O. The van der Waals surface area contributed by atoms with Gasteiger partial charge in [0.1, 0.15) is 5.69 Å². The molecule has 2 atom stereocenters. The third kappa shape index (κ3) is 5.00. The van der Waals surface area contributed by atoms with E-state index >= 15 is 0 Å². The molecule has 0 saturated heterocycles. The second kappa shape index (κ2) is 9.77. The van der Waals surface area contributed by atoms with E-state index in [2.05, 4.69) is 62.1 Å². The number of amides is 1. The maximum absolute atomic E-state index is 13.3. The van der Waals surface area contributed by atoms with Crippen LogP contribution in [0, 0.1) is 6.92 Å². The van der Waals surface area contributed by atoms with E-state index in [1.54, 1.807) is 0 Å². The number of carbonyl (C=O) groups excluding carboxylic acids is 1. The van der Waals surface area contributed by atoms with Gasteiger partial charge in [-0.3, -0.25) is 4.79 Å². The van der Waals surface area contributed by atoms with E-state index in [1.165, 1.54) is 11.1 Å². The van der Waals surface area contributed by atoms with Crippen molar-refractivity contribution in [2.24, 2.45) is 0 Å². The van der Waals surface area contributed by atoms with Gasteiger partial charge in [-0.25, -0.2) is 0 Å². The Morgan fingerprint density at radius 2 is 1.63 bits per heavy atom. The average Bonchev–Trinajstić information content (AvgIpc) is 3.25. The molecule has 2 unspecified atom stereocenters. The molecule has 0 saturated carbocycles. The van der Waals surface area contributed by atoms with Crippen molar-refractivity contribution in [3.05, 3.63) is 83.6 Å². The largest absolute Gasteiger partial charge is 0.351 e. The number of aromatic nitrogens is 1. The number of nitrogens with zero attached hydrogens (tertiary/aromatic N) is 2. The molecule has 0 bridgehead atoms. The molecule has 0 fully saturated rings. The van der Waals surface area contributed by atoms with Crippen molar-refractivity contribution in [1.29, 1.82) is 0 Å². The Morgan fingerprint density at radius 1 is 0.967 bits per heavy atom. The average molecular weight is 404 g/mol. The zero-order valence-electron chi connectivity index (χ0n) is 18.7. The molecule has 4 heteroatoms. The van der Waals surface area contributed by atoms with Crippen LogP contribution >= 0.6 is 0 Å². The second-order valence-electron chi connectivity index (χ2n) is 8.23. The van der Waals surface area contributed by atoms with Crippen LogP contribution in [0.5, 0.6) is 0 Å². The van der Waals surface area contributed by atoms with Crippen LogP contribution in [0.1, 0.15) is 41.4 Å². The number of hydrogen-bond donors (Lipinski definition) is 1. The van der Waals surface area contributed by atoms with Crippen LogP contribution in [0.25, 0.3) is 11.3 Å². The number of rotatable bonds is 8. The van der Waals surface area contributed by atoms with Gasteiger partial charge in [-0.05, 0) is 57.1 Å². The lowest BCUT2D eigenvalue weighted by Gasteiger charge is -2.35. The van der Waals surface area contributed by atoms with Crippen molar-refractivity contribution in [2.75, 3.05) is 27.2 Å². The van der Waals surface area contributed by atoms with Gasteiger partial charge in [0.2, 0.25) is 0 Å². The molecule has 4 nitrogen and oxygen atoms in total. The lowest BCUT2D eigenvalue weighted by Crippen LogP contribution is -2.45. The monoisotopic (exact) mass is 403 g/mol. The van der Waals surface area contributed by atoms with Crippen LogP contribution in [-0.4, -0.2) is 53.9 Å². The fourth-order valence-corrected chi connectivity index (χ4v) is 3.92. The lowest BCUT2D eigenvalue weighted by atomic mass is 9.91. The van der Waals surface area contributed by atoms with Crippen molar-refractivity contribution in [3.8, 4) is 11.3 Å². The number of likely N-dealkylation sites (N-methyl/N-ethyl adjacent to an activating group) is 2. The van der Waals surface area contributed by atoms with Gasteiger partial charge in [0.05, 0.1) is 0 Å². The molecule has 3 rings (SSSR count). The van der Waals surface area contributed by atoms with Gasteiger partial charge < -0.3 is 14.8 Å². The van der Waals surface area contributed by atoms with Crippen LogP contribution in [-0.2, 0) is 0 Å². The number of aromatic amines is 1. The number of hydrogen-bond acceptors (Lipinski definition) is 2. The second-order valence-corrected chi connectivity index (χ2v) is 8.23. The minimum atomic E-state index is 0.0441. The van der Waals surface area contributed by atoms with Crippen molar-refractivity contribution >= 4 is 5.91 Å². The fourth-order valence-electron chi connectivity index (χ4n) is 3.92. The Morgan fingerprint density at radius 3 is 2.23 bits per heavy atom. The summed E-state index contributed by atoms with van der Waals surface area (Å²) in [6.45, 7) is 7.74. The predicted octanol–water partition coefficient (Wildman–Crippen LogP) is 5.19. The molecule has 2 aromatic carbocycles. The highest BCUT2D eigenvalue weighted by Crippen LogP contribution is 2.24. The van der Waals surface area contributed by atoms with E-state index in [1.807, 2.05) is 54.3 Å². The zero-order valence-corrected chi connectivity index (χ0v) is 18.7. The van der Waals surface area contributed by atoms with Gasteiger partial charge >= 0.3 is 0 Å². The normalized spacial score (nSPS) is 13.3. The highest BCUT2D eigenvalue weighted by Gasteiger charge is 2.26. The molecule has 30 heavy (non-hydrogen) atoms. The number of H-pyrrole nitrogens is 1. The number of aryl methyl sites for hydroxylation is 1. The Labute approximate surface area is 180 Å². The fraction of sp³-hybridized carbons (Fsp3) is 0.346. The summed E-state index contributed by atoms with van der Waals surface area (Å²) in [5.74, 6) is 0.355. The van der Waals surface area contributed by atoms with E-state index < -0.39 is 0 Å². The van der Waals surface area contributed by atoms with Crippen molar-refractivity contribution < 1.29 is 4.79 Å². The van der Waals surface area contributed by atoms with Crippen molar-refractivity contribution in [3.63, 3.8) is 0 Å². The first kappa shape index (κ1) is 21.8. The Balaban J connectivity index is 1.77. The minimum absolute atomic E-state index is 0.0441. The summed E-state index contributed by atoms with van der Waals surface area (Å²) in [4.78, 5) is 20.7. The standard InChI is InChI=1S/C26H33N3O/c1-6-29(18-25(28(4)5)20(3)21-14-12-19(2)13-15-21)26(30)24-17-16-23(27-24)22-10-8-7-9-11-22/h7-17,20,25,27H,6,18H2,1-5H3. The van der Waals surface area contributed by atoms with Gasteiger partial charge in [0.15, 0.2) is 0 Å². The van der Waals surface area contributed by atoms with Gasteiger partial charge in [-0.2, -0.15) is 0 Å². The molecule has 0 aliphatic heterocycles. The summed E-state index contributed by atoms with van der Waals surface area (Å²) in [7, 11) is 4.19. The van der Waals surface area contributed by atoms with E-state index in [-0.39, 0.29) is 11.9 Å². The summed E-state index contributed by atoms with van der Waals surface area (Å²) in [5.41, 5.74) is 5.25. The zero-order chi connectivity index (χ0) is 21.7. The summed E-state index contributed by atoms with van der Waals surface area (Å²) in [5, 5.41) is 0. The van der Waals surface area contributed by atoms with Gasteiger partial charge in [-0.1, -0.05) is 67.1 Å². The molecule has 1 amide bonds. The first-order valence-corrected chi connectivity index (χ1v) is 10.7. The van der Waals surface area contributed by atoms with Crippen LogP contribution in [0.4, 0.5) is 0 Å². The minimum Gasteiger partial charge on any atom is -0.351 e. The smallest absolute Gasteiger partial charge is 0.270 e. The van der Waals surface area contributed by atoms with Crippen LogP contribution in [0.2, 0.25) is 0 Å². The molecule has 1 heterocycles. The summed E-state index contributed by atoms with van der Waals surface area (Å²) >= 11 is 0. The van der Waals surface area contributed by atoms with E-state index in [9.17, 15) is 4.79 Å². The Kier molecular flexibility index (Phi) is 7.11. The highest BCUT2D eigenvalue weighted by atomic mass is 16.2. The molecule has 0 radical (unpaired) electrons. The first-order valence-electron chi connectivity index (χ1n) is 10.7. The Bertz CT molecular complexity index is 944. The van der Waals surface area contributed by atoms with Crippen LogP contribution in [0.15, 0.2) is 66.7 Å². The third-order valence-corrected chi connectivity index (χ3v) is 5.92. The van der Waals surface area contributed by atoms with E-state index in [4.69, 9.17) is 0 Å². The number of benzene rings is 2. The molecule has 0 spiro atoms. The van der Waals surface area contributed by atoms with Crippen LogP contribution < -0.4 is 0 Å². The first-order chi connectivity index (χ1) is 14.4. The molecular weight excluding hydrogens is 370 g/mol. The maximum Gasteiger partial charge on any atom is 0.270 e. The van der Waals surface area contributed by atoms with Crippen molar-refractivity contribution in [2.45, 2.75) is 32.7 Å². The molecule has 0 aliphatic carbocycles. The molecule has 3 aromatic rings. The van der Waals surface area contributed by atoms with Gasteiger partial charge in [0.25, 0.3) is 5.91 Å². The SMILES string of the molecule is CCN(CC(C(C)c1ccc(C)cc1)N(C)C)C(=O)c1ccc(-c2ccccc2)[nH]1. The lowest BCUT2D eigenvalue weighted by molar-refractivity contribution is 0.0701. The van der Waals surface area contributed by atoms with Crippen LogP contribution in [0.3, 0.4) is 0 Å². The predicted molar refractivity (Wildman–Crippen MR) is 125 cm³/mol. The Hall–Kier alpha value is -2.85. The van der Waals surface area contributed by atoms with E-state index in [0.29, 0.717) is 24.7 Å². The highest BCUT2D eigenvalue weighted by molar-refractivity contribution is 5.93. The topological polar surface area (TPSA) is 39.3 Å². The maximum atomic E-state index is 13.3.